The molecule has 1 aromatic rings. The van der Waals surface area contributed by atoms with Gasteiger partial charge in [-0.2, -0.15) is 0 Å². The zero-order valence-corrected chi connectivity index (χ0v) is 11.7. The number of thioether (sulfide) groups is 1. The third-order valence-electron chi connectivity index (χ3n) is 2.22. The van der Waals surface area contributed by atoms with Crippen molar-refractivity contribution in [2.75, 3.05) is 26.8 Å². The van der Waals surface area contributed by atoms with Crippen molar-refractivity contribution in [2.45, 2.75) is 11.8 Å². The monoisotopic (exact) mass is 270 g/mol. The molecule has 0 N–H and O–H groups in total. The molecule has 0 saturated carbocycles. The molecule has 0 aliphatic rings. The lowest BCUT2D eigenvalue weighted by Gasteiger charge is -2.14. The molecule has 5 heteroatoms. The van der Waals surface area contributed by atoms with Crippen LogP contribution in [0.5, 0.6) is 11.5 Å². The van der Waals surface area contributed by atoms with Crippen molar-refractivity contribution in [3.63, 3.8) is 0 Å². The van der Waals surface area contributed by atoms with Gasteiger partial charge in [-0.1, -0.05) is 13.0 Å². The molecule has 0 heterocycles. The second kappa shape index (κ2) is 8.00. The number of hydrogen-bond donors (Lipinski definition) is 0. The summed E-state index contributed by atoms with van der Waals surface area (Å²) in [5.74, 6) is 2.04. The van der Waals surface area contributed by atoms with Crippen LogP contribution in [-0.4, -0.2) is 33.1 Å². The summed E-state index contributed by atoms with van der Waals surface area (Å²) in [6, 6.07) is 5.67. The topological polar surface area (TPSA) is 44.8 Å². The molecule has 1 aromatic carbocycles. The van der Waals surface area contributed by atoms with Crippen LogP contribution < -0.4 is 9.47 Å². The Kier molecular flexibility index (Phi) is 6.60. The van der Waals surface area contributed by atoms with Gasteiger partial charge in [0.1, 0.15) is 6.29 Å². The molecule has 0 amide bonds. The van der Waals surface area contributed by atoms with Gasteiger partial charge in [-0.15, -0.1) is 11.8 Å². The Balaban J connectivity index is 2.83. The second-order valence-electron chi connectivity index (χ2n) is 3.76. The van der Waals surface area contributed by atoms with E-state index in [0.717, 1.165) is 11.2 Å². The fourth-order valence-corrected chi connectivity index (χ4v) is 2.28. The SMILES string of the molecule is COCOc1c(OC)cccc1SC[C@@H](C)C=O. The van der Waals surface area contributed by atoms with Crippen molar-refractivity contribution < 1.29 is 19.0 Å². The van der Waals surface area contributed by atoms with Crippen LogP contribution in [0.4, 0.5) is 0 Å². The number of aldehydes is 1. The van der Waals surface area contributed by atoms with Crippen LogP contribution in [0.2, 0.25) is 0 Å². The fourth-order valence-electron chi connectivity index (χ4n) is 1.29. The minimum Gasteiger partial charge on any atom is -0.493 e. The molecular formula is C13H18O4S. The molecule has 0 bridgehead atoms. The van der Waals surface area contributed by atoms with Gasteiger partial charge in [-0.25, -0.2) is 0 Å². The maximum Gasteiger partial charge on any atom is 0.188 e. The zero-order chi connectivity index (χ0) is 13.4. The molecule has 0 saturated heterocycles. The van der Waals surface area contributed by atoms with Gasteiger partial charge in [0.15, 0.2) is 18.3 Å². The van der Waals surface area contributed by atoms with Gasteiger partial charge < -0.3 is 19.0 Å². The fraction of sp³-hybridized carbons (Fsp3) is 0.462. The van der Waals surface area contributed by atoms with E-state index >= 15 is 0 Å². The molecule has 1 atom stereocenters. The van der Waals surface area contributed by atoms with Gasteiger partial charge in [0.25, 0.3) is 0 Å². The van der Waals surface area contributed by atoms with E-state index in [2.05, 4.69) is 0 Å². The molecule has 0 fully saturated rings. The van der Waals surface area contributed by atoms with Crippen LogP contribution in [-0.2, 0) is 9.53 Å². The number of methoxy groups -OCH3 is 2. The first-order valence-electron chi connectivity index (χ1n) is 5.59. The van der Waals surface area contributed by atoms with Gasteiger partial charge in [-0.3, -0.25) is 0 Å². The first kappa shape index (κ1) is 14.9. The van der Waals surface area contributed by atoms with Crippen LogP contribution in [0.3, 0.4) is 0 Å². The van der Waals surface area contributed by atoms with Crippen LogP contribution in [0.25, 0.3) is 0 Å². The van der Waals surface area contributed by atoms with E-state index in [1.54, 1.807) is 26.0 Å². The van der Waals surface area contributed by atoms with Crippen LogP contribution >= 0.6 is 11.8 Å². The highest BCUT2D eigenvalue weighted by molar-refractivity contribution is 7.99. The molecule has 1 rings (SSSR count). The number of ether oxygens (including phenoxy) is 3. The maximum atomic E-state index is 10.6. The molecule has 0 spiro atoms. The Morgan fingerprint density at radius 1 is 1.39 bits per heavy atom. The third kappa shape index (κ3) is 4.23. The average Bonchev–Trinajstić information content (AvgIpc) is 2.42. The summed E-state index contributed by atoms with van der Waals surface area (Å²) in [6.45, 7) is 2.05. The largest absolute Gasteiger partial charge is 0.493 e. The van der Waals surface area contributed by atoms with Gasteiger partial charge in [0.05, 0.1) is 12.0 Å². The molecule has 0 aromatic heterocycles. The van der Waals surface area contributed by atoms with Gasteiger partial charge in [-0.05, 0) is 12.1 Å². The summed E-state index contributed by atoms with van der Waals surface area (Å²) in [4.78, 5) is 11.6. The first-order valence-corrected chi connectivity index (χ1v) is 6.58. The van der Waals surface area contributed by atoms with E-state index < -0.39 is 0 Å². The Morgan fingerprint density at radius 2 is 2.17 bits per heavy atom. The summed E-state index contributed by atoms with van der Waals surface area (Å²) in [6.07, 6.45) is 0.947. The minimum absolute atomic E-state index is 0.0106. The number of benzene rings is 1. The molecule has 4 nitrogen and oxygen atoms in total. The average molecular weight is 270 g/mol. The minimum atomic E-state index is 0.0106. The van der Waals surface area contributed by atoms with E-state index in [1.807, 2.05) is 25.1 Å². The lowest BCUT2D eigenvalue weighted by atomic mass is 10.3. The molecule has 0 unspecified atom stereocenters. The Bertz CT molecular complexity index is 381. The second-order valence-corrected chi connectivity index (χ2v) is 4.82. The van der Waals surface area contributed by atoms with Gasteiger partial charge in [0, 0.05) is 18.8 Å². The maximum absolute atomic E-state index is 10.6. The zero-order valence-electron chi connectivity index (χ0n) is 10.8. The number of hydrogen-bond acceptors (Lipinski definition) is 5. The molecule has 0 aliphatic carbocycles. The van der Waals surface area contributed by atoms with Crippen molar-refractivity contribution >= 4 is 18.0 Å². The number of carbonyl (C=O) groups excluding carboxylic acids is 1. The summed E-state index contributed by atoms with van der Waals surface area (Å²) < 4.78 is 15.7. The summed E-state index contributed by atoms with van der Waals surface area (Å²) in [5.41, 5.74) is 0. The summed E-state index contributed by atoms with van der Waals surface area (Å²) in [7, 11) is 3.16. The highest BCUT2D eigenvalue weighted by atomic mass is 32.2. The molecule has 0 radical (unpaired) electrons. The smallest absolute Gasteiger partial charge is 0.188 e. The third-order valence-corrected chi connectivity index (χ3v) is 3.54. The van der Waals surface area contributed by atoms with Crippen LogP contribution in [0.15, 0.2) is 23.1 Å². The predicted octanol–water partition coefficient (Wildman–Crippen LogP) is 2.61. The van der Waals surface area contributed by atoms with Gasteiger partial charge >= 0.3 is 0 Å². The van der Waals surface area contributed by atoms with Crippen molar-refractivity contribution in [2.24, 2.45) is 5.92 Å². The van der Waals surface area contributed by atoms with Crippen molar-refractivity contribution in [1.82, 2.24) is 0 Å². The highest BCUT2D eigenvalue weighted by Crippen LogP contribution is 2.38. The van der Waals surface area contributed by atoms with Crippen LogP contribution in [0, 0.1) is 5.92 Å². The quantitative estimate of drug-likeness (QED) is 0.413. The number of carbonyl (C=O) groups is 1. The Labute approximate surface area is 112 Å². The van der Waals surface area contributed by atoms with Gasteiger partial charge in [0.2, 0.25) is 0 Å². The van der Waals surface area contributed by atoms with E-state index in [-0.39, 0.29) is 12.7 Å². The van der Waals surface area contributed by atoms with E-state index in [1.165, 1.54) is 0 Å². The Hall–Kier alpha value is -1.20. The summed E-state index contributed by atoms with van der Waals surface area (Å²) in [5, 5.41) is 0. The molecule has 0 aliphatic heterocycles. The predicted molar refractivity (Wildman–Crippen MR) is 71.5 cm³/mol. The lowest BCUT2D eigenvalue weighted by Crippen LogP contribution is -2.03. The number of para-hydroxylation sites is 1. The lowest BCUT2D eigenvalue weighted by molar-refractivity contribution is -0.110. The highest BCUT2D eigenvalue weighted by Gasteiger charge is 2.12. The van der Waals surface area contributed by atoms with E-state index in [9.17, 15) is 4.79 Å². The molecular weight excluding hydrogens is 252 g/mol. The Morgan fingerprint density at radius 3 is 2.78 bits per heavy atom. The van der Waals surface area contributed by atoms with Crippen molar-refractivity contribution in [3.8, 4) is 11.5 Å². The first-order chi connectivity index (χ1) is 8.72. The normalized spacial score (nSPS) is 11.9. The number of rotatable bonds is 8. The molecule has 18 heavy (non-hydrogen) atoms. The molecule has 100 valence electrons. The van der Waals surface area contributed by atoms with E-state index in [4.69, 9.17) is 14.2 Å². The van der Waals surface area contributed by atoms with Crippen molar-refractivity contribution in [3.05, 3.63) is 18.2 Å². The van der Waals surface area contributed by atoms with Crippen LogP contribution in [0.1, 0.15) is 6.92 Å². The summed E-state index contributed by atoms with van der Waals surface area (Å²) >= 11 is 1.57. The standard InChI is InChI=1S/C13H18O4S/c1-10(7-14)8-18-12-6-4-5-11(16-3)13(12)17-9-15-2/h4-7,10H,8-9H2,1-3H3/t10-/m0/s1. The van der Waals surface area contributed by atoms with E-state index in [0.29, 0.717) is 17.3 Å². The van der Waals surface area contributed by atoms with Crippen molar-refractivity contribution in [1.29, 1.82) is 0 Å².